The quantitative estimate of drug-likeness (QED) is 0.816. The third-order valence-electron chi connectivity index (χ3n) is 3.50. The van der Waals surface area contributed by atoms with E-state index in [-0.39, 0.29) is 6.04 Å². The summed E-state index contributed by atoms with van der Waals surface area (Å²) < 4.78 is 28.1. The molecular weight excluding hydrogens is 358 g/mol. The zero-order valence-electron chi connectivity index (χ0n) is 10.7. The Morgan fingerprint density at radius 1 is 1.20 bits per heavy atom. The number of sulfonamides is 1. The smallest absolute Gasteiger partial charge is 0.207 e. The lowest BCUT2D eigenvalue weighted by Gasteiger charge is -2.23. The second kappa shape index (κ2) is 5.60. The summed E-state index contributed by atoms with van der Waals surface area (Å²) in [5.41, 5.74) is 0. The molecule has 1 saturated heterocycles. The van der Waals surface area contributed by atoms with E-state index >= 15 is 0 Å². The Morgan fingerprint density at radius 3 is 2.60 bits per heavy atom. The number of hydrogen-bond acceptors (Lipinski definition) is 3. The number of rotatable bonds is 3. The largest absolute Gasteiger partial charge is 0.243 e. The van der Waals surface area contributed by atoms with Crippen molar-refractivity contribution in [3.05, 3.63) is 51.1 Å². The van der Waals surface area contributed by atoms with E-state index in [1.54, 1.807) is 39.9 Å². The van der Waals surface area contributed by atoms with Gasteiger partial charge in [0, 0.05) is 15.9 Å². The van der Waals surface area contributed by atoms with Crippen LogP contribution in [0.2, 0.25) is 0 Å². The average molecular weight is 372 g/mol. The fraction of sp³-hybridized carbons (Fsp3) is 0.286. The molecule has 0 amide bonds. The van der Waals surface area contributed by atoms with Gasteiger partial charge in [0.2, 0.25) is 10.0 Å². The molecule has 2 heterocycles. The van der Waals surface area contributed by atoms with Gasteiger partial charge in [0.15, 0.2) is 0 Å². The van der Waals surface area contributed by atoms with Crippen LogP contribution in [0.3, 0.4) is 0 Å². The first kappa shape index (κ1) is 14.3. The minimum atomic E-state index is -3.41. The van der Waals surface area contributed by atoms with Crippen LogP contribution < -0.4 is 0 Å². The zero-order valence-corrected chi connectivity index (χ0v) is 13.9. The first-order chi connectivity index (χ1) is 9.59. The summed E-state index contributed by atoms with van der Waals surface area (Å²) in [5.74, 6) is 0. The molecule has 0 radical (unpaired) electrons. The van der Waals surface area contributed by atoms with Gasteiger partial charge in [-0.1, -0.05) is 22.0 Å². The predicted molar refractivity (Wildman–Crippen MR) is 84.3 cm³/mol. The molecular formula is C14H14BrNO2S2. The molecule has 0 spiro atoms. The Kier molecular flexibility index (Phi) is 3.99. The van der Waals surface area contributed by atoms with Crippen molar-refractivity contribution < 1.29 is 8.42 Å². The molecule has 106 valence electrons. The summed E-state index contributed by atoms with van der Waals surface area (Å²) in [5, 5.41) is 2.00. The molecule has 0 aliphatic carbocycles. The van der Waals surface area contributed by atoms with Crippen LogP contribution in [0.1, 0.15) is 23.8 Å². The SMILES string of the molecule is O=S(=O)(c1ccc(Br)cc1)N1CCC[C@H]1c1cccs1. The van der Waals surface area contributed by atoms with Gasteiger partial charge in [0.1, 0.15) is 0 Å². The van der Waals surface area contributed by atoms with Crippen molar-refractivity contribution in [2.75, 3.05) is 6.54 Å². The summed E-state index contributed by atoms with van der Waals surface area (Å²) in [6, 6.07) is 10.8. The van der Waals surface area contributed by atoms with Crippen LogP contribution in [0.5, 0.6) is 0 Å². The Labute approximate surface area is 131 Å². The fourth-order valence-corrected chi connectivity index (χ4v) is 5.41. The Bertz CT molecular complexity index is 680. The summed E-state index contributed by atoms with van der Waals surface area (Å²) in [6.07, 6.45) is 1.81. The maximum atomic E-state index is 12.8. The van der Waals surface area contributed by atoms with Crippen LogP contribution in [-0.2, 0) is 10.0 Å². The fourth-order valence-electron chi connectivity index (χ4n) is 2.54. The van der Waals surface area contributed by atoms with Crippen molar-refractivity contribution in [2.45, 2.75) is 23.8 Å². The lowest BCUT2D eigenvalue weighted by Crippen LogP contribution is -2.30. The van der Waals surface area contributed by atoms with Crippen LogP contribution >= 0.6 is 27.3 Å². The maximum absolute atomic E-state index is 12.8. The minimum Gasteiger partial charge on any atom is -0.207 e. The molecule has 1 fully saturated rings. The summed E-state index contributed by atoms with van der Waals surface area (Å²) in [7, 11) is -3.41. The van der Waals surface area contributed by atoms with E-state index in [9.17, 15) is 8.42 Å². The number of nitrogens with zero attached hydrogens (tertiary/aromatic N) is 1. The zero-order chi connectivity index (χ0) is 14.2. The molecule has 6 heteroatoms. The summed E-state index contributed by atoms with van der Waals surface area (Å²) in [4.78, 5) is 1.49. The Morgan fingerprint density at radius 2 is 1.95 bits per heavy atom. The van der Waals surface area contributed by atoms with Gasteiger partial charge in [-0.05, 0) is 48.6 Å². The van der Waals surface area contributed by atoms with E-state index in [4.69, 9.17) is 0 Å². The van der Waals surface area contributed by atoms with Crippen LogP contribution in [0.15, 0.2) is 51.1 Å². The first-order valence-corrected chi connectivity index (χ1v) is 9.51. The van der Waals surface area contributed by atoms with Crippen LogP contribution in [0, 0.1) is 0 Å². The first-order valence-electron chi connectivity index (χ1n) is 6.40. The molecule has 1 aromatic heterocycles. The highest BCUT2D eigenvalue weighted by Crippen LogP contribution is 2.38. The highest BCUT2D eigenvalue weighted by molar-refractivity contribution is 9.10. The van der Waals surface area contributed by atoms with Gasteiger partial charge in [-0.15, -0.1) is 11.3 Å². The molecule has 1 aromatic carbocycles. The highest BCUT2D eigenvalue weighted by atomic mass is 79.9. The predicted octanol–water partition coefficient (Wildman–Crippen LogP) is 4.04. The van der Waals surface area contributed by atoms with Crippen molar-refractivity contribution in [3.63, 3.8) is 0 Å². The molecule has 3 rings (SSSR count). The molecule has 2 aromatic rings. The second-order valence-electron chi connectivity index (χ2n) is 4.74. The van der Waals surface area contributed by atoms with Gasteiger partial charge in [0.25, 0.3) is 0 Å². The van der Waals surface area contributed by atoms with Crippen molar-refractivity contribution in [1.29, 1.82) is 0 Å². The Balaban J connectivity index is 1.96. The molecule has 0 unspecified atom stereocenters. The third kappa shape index (κ3) is 2.57. The topological polar surface area (TPSA) is 37.4 Å². The van der Waals surface area contributed by atoms with E-state index in [0.717, 1.165) is 22.2 Å². The van der Waals surface area contributed by atoms with Gasteiger partial charge >= 0.3 is 0 Å². The van der Waals surface area contributed by atoms with Crippen molar-refractivity contribution >= 4 is 37.3 Å². The minimum absolute atomic E-state index is 0.0105. The van der Waals surface area contributed by atoms with Crippen molar-refractivity contribution in [3.8, 4) is 0 Å². The number of benzene rings is 1. The molecule has 1 aliphatic rings. The highest BCUT2D eigenvalue weighted by Gasteiger charge is 2.36. The third-order valence-corrected chi connectivity index (χ3v) is 6.92. The Hall–Kier alpha value is -0.690. The van der Waals surface area contributed by atoms with Crippen LogP contribution in [0.4, 0.5) is 0 Å². The lowest BCUT2D eigenvalue weighted by molar-refractivity contribution is 0.401. The van der Waals surface area contributed by atoms with Crippen LogP contribution in [-0.4, -0.2) is 19.3 Å². The molecule has 20 heavy (non-hydrogen) atoms. The molecule has 1 atom stereocenters. The molecule has 0 bridgehead atoms. The van der Waals surface area contributed by atoms with E-state index in [0.29, 0.717) is 11.4 Å². The van der Waals surface area contributed by atoms with E-state index in [1.807, 2.05) is 17.5 Å². The summed E-state index contributed by atoms with van der Waals surface area (Å²) in [6.45, 7) is 0.598. The van der Waals surface area contributed by atoms with Gasteiger partial charge < -0.3 is 0 Å². The maximum Gasteiger partial charge on any atom is 0.243 e. The van der Waals surface area contributed by atoms with Gasteiger partial charge in [0.05, 0.1) is 10.9 Å². The lowest BCUT2D eigenvalue weighted by atomic mass is 10.2. The molecule has 0 N–H and O–H groups in total. The van der Waals surface area contributed by atoms with E-state index in [1.165, 1.54) is 0 Å². The number of hydrogen-bond donors (Lipinski definition) is 0. The van der Waals surface area contributed by atoms with Gasteiger partial charge in [-0.25, -0.2) is 8.42 Å². The average Bonchev–Trinajstić information content (AvgIpc) is 3.10. The summed E-state index contributed by atoms with van der Waals surface area (Å²) >= 11 is 4.96. The second-order valence-corrected chi connectivity index (χ2v) is 8.53. The molecule has 1 aliphatic heterocycles. The molecule has 3 nitrogen and oxygen atoms in total. The van der Waals surface area contributed by atoms with Crippen LogP contribution in [0.25, 0.3) is 0 Å². The molecule has 0 saturated carbocycles. The van der Waals surface area contributed by atoms with E-state index in [2.05, 4.69) is 15.9 Å². The van der Waals surface area contributed by atoms with Crippen molar-refractivity contribution in [1.82, 2.24) is 4.31 Å². The number of halogens is 1. The monoisotopic (exact) mass is 371 g/mol. The van der Waals surface area contributed by atoms with Crippen molar-refractivity contribution in [2.24, 2.45) is 0 Å². The number of thiophene rings is 1. The van der Waals surface area contributed by atoms with Gasteiger partial charge in [-0.2, -0.15) is 4.31 Å². The normalized spacial score (nSPS) is 20.4. The van der Waals surface area contributed by atoms with E-state index < -0.39 is 10.0 Å². The van der Waals surface area contributed by atoms with Gasteiger partial charge in [-0.3, -0.25) is 0 Å². The standard InChI is InChI=1S/C14H14BrNO2S2/c15-11-5-7-12(8-6-11)20(17,18)16-9-1-3-13(16)14-4-2-10-19-14/h2,4-8,10,13H,1,3,9H2/t13-/m0/s1.